The van der Waals surface area contributed by atoms with E-state index in [1.165, 1.54) is 11.3 Å². The van der Waals surface area contributed by atoms with E-state index < -0.39 is 5.97 Å². The van der Waals surface area contributed by atoms with Crippen LogP contribution in [0.25, 0.3) is 0 Å². The Balaban J connectivity index is 2.94. The fourth-order valence-electron chi connectivity index (χ4n) is 1.36. The van der Waals surface area contributed by atoms with E-state index >= 15 is 0 Å². The molecule has 0 fully saturated rings. The smallest absolute Gasteiger partial charge is 0.355 e. The summed E-state index contributed by atoms with van der Waals surface area (Å²) in [6.45, 7) is 3.83. The molecule has 0 bridgehead atoms. The van der Waals surface area contributed by atoms with Crippen LogP contribution in [0.2, 0.25) is 0 Å². The van der Waals surface area contributed by atoms with Crippen molar-refractivity contribution in [1.82, 2.24) is 4.98 Å². The van der Waals surface area contributed by atoms with Crippen LogP contribution in [0.5, 0.6) is 0 Å². The number of nitrogens with zero attached hydrogens (tertiary/aromatic N) is 1. The Kier molecular flexibility index (Phi) is 4.23. The second-order valence-corrected chi connectivity index (χ2v) is 4.51. The molecule has 0 radical (unpaired) electrons. The highest BCUT2D eigenvalue weighted by Crippen LogP contribution is 2.28. The van der Waals surface area contributed by atoms with Crippen LogP contribution in [0.15, 0.2) is 0 Å². The van der Waals surface area contributed by atoms with Crippen LogP contribution in [0.4, 0.5) is 0 Å². The number of carbonyl (C=O) groups is 1. The predicted octanol–water partition coefficient (Wildman–Crippen LogP) is 2.64. The molecule has 0 amide bonds. The summed E-state index contributed by atoms with van der Waals surface area (Å²) in [6, 6.07) is 0. The van der Waals surface area contributed by atoms with E-state index in [1.54, 1.807) is 14.0 Å². The molecule has 1 aromatic heterocycles. The molecule has 0 saturated heterocycles. The third kappa shape index (κ3) is 2.76. The molecule has 0 aliphatic heterocycles. The molecule has 1 unspecified atom stereocenters. The van der Waals surface area contributed by atoms with Crippen LogP contribution in [0.3, 0.4) is 0 Å². The molecule has 0 spiro atoms. The maximum atomic E-state index is 10.8. The number of aryl methyl sites for hydroxylation is 1. The van der Waals surface area contributed by atoms with Gasteiger partial charge in [0.25, 0.3) is 0 Å². The minimum absolute atomic E-state index is 0.0770. The normalized spacial score (nSPS) is 12.7. The zero-order valence-corrected chi connectivity index (χ0v) is 9.93. The SMILES string of the molecule is CCCC(OC)c1nc(C(=O)O)c(C)s1. The van der Waals surface area contributed by atoms with Gasteiger partial charge in [0.1, 0.15) is 11.1 Å². The number of carboxylic acids is 1. The number of rotatable bonds is 5. The van der Waals surface area contributed by atoms with Gasteiger partial charge in [-0.2, -0.15) is 0 Å². The summed E-state index contributed by atoms with van der Waals surface area (Å²) in [4.78, 5) is 15.6. The first-order valence-electron chi connectivity index (χ1n) is 4.83. The van der Waals surface area contributed by atoms with Crippen molar-refractivity contribution in [2.24, 2.45) is 0 Å². The fourth-order valence-corrected chi connectivity index (χ4v) is 2.38. The largest absolute Gasteiger partial charge is 0.476 e. The van der Waals surface area contributed by atoms with Crippen LogP contribution in [-0.4, -0.2) is 23.2 Å². The zero-order valence-electron chi connectivity index (χ0n) is 9.11. The molecule has 4 nitrogen and oxygen atoms in total. The summed E-state index contributed by atoms with van der Waals surface area (Å²) in [5.41, 5.74) is 0.146. The number of methoxy groups -OCH3 is 1. The minimum Gasteiger partial charge on any atom is -0.476 e. The van der Waals surface area contributed by atoms with Crippen molar-refractivity contribution in [3.63, 3.8) is 0 Å². The lowest BCUT2D eigenvalue weighted by molar-refractivity contribution is 0.0687. The maximum Gasteiger partial charge on any atom is 0.355 e. The molecule has 0 saturated carbocycles. The van der Waals surface area contributed by atoms with Gasteiger partial charge in [-0.15, -0.1) is 11.3 Å². The molecule has 0 aliphatic carbocycles. The standard InChI is InChI=1S/C10H15NO3S/c1-4-5-7(14-3)9-11-8(10(12)13)6(2)15-9/h7H,4-5H2,1-3H3,(H,12,13). The second kappa shape index (κ2) is 5.23. The first-order valence-corrected chi connectivity index (χ1v) is 5.65. The number of aromatic carboxylic acids is 1. The number of carboxylic acid groups (broad SMARTS) is 1. The molecule has 1 atom stereocenters. The summed E-state index contributed by atoms with van der Waals surface area (Å²) in [6.07, 6.45) is 1.77. The van der Waals surface area contributed by atoms with Gasteiger partial charge >= 0.3 is 5.97 Å². The molecule has 1 heterocycles. The first-order chi connectivity index (χ1) is 7.10. The zero-order chi connectivity index (χ0) is 11.4. The van der Waals surface area contributed by atoms with E-state index in [1.807, 2.05) is 0 Å². The Morgan fingerprint density at radius 3 is 2.73 bits per heavy atom. The number of aromatic nitrogens is 1. The van der Waals surface area contributed by atoms with Crippen molar-refractivity contribution in [2.75, 3.05) is 7.11 Å². The molecule has 1 rings (SSSR count). The lowest BCUT2D eigenvalue weighted by Gasteiger charge is -2.10. The van der Waals surface area contributed by atoms with Crippen LogP contribution in [0, 0.1) is 6.92 Å². The van der Waals surface area contributed by atoms with Gasteiger partial charge in [-0.3, -0.25) is 0 Å². The highest BCUT2D eigenvalue weighted by Gasteiger charge is 2.19. The minimum atomic E-state index is -0.971. The van der Waals surface area contributed by atoms with E-state index in [2.05, 4.69) is 11.9 Å². The number of hydrogen-bond acceptors (Lipinski definition) is 4. The Morgan fingerprint density at radius 1 is 1.67 bits per heavy atom. The van der Waals surface area contributed by atoms with Gasteiger partial charge in [-0.25, -0.2) is 9.78 Å². The Bertz CT molecular complexity index is 348. The third-order valence-electron chi connectivity index (χ3n) is 2.13. The van der Waals surface area contributed by atoms with Gasteiger partial charge in [-0.1, -0.05) is 13.3 Å². The Morgan fingerprint density at radius 2 is 2.33 bits per heavy atom. The van der Waals surface area contributed by atoms with Gasteiger partial charge in [0.2, 0.25) is 0 Å². The van der Waals surface area contributed by atoms with Crippen LogP contribution in [0.1, 0.15) is 46.2 Å². The van der Waals surface area contributed by atoms with Crippen LogP contribution in [-0.2, 0) is 4.74 Å². The summed E-state index contributed by atoms with van der Waals surface area (Å²) in [5.74, 6) is -0.971. The second-order valence-electron chi connectivity index (χ2n) is 3.28. The van der Waals surface area contributed by atoms with Gasteiger partial charge in [0, 0.05) is 12.0 Å². The van der Waals surface area contributed by atoms with Crippen molar-refractivity contribution in [2.45, 2.75) is 32.8 Å². The molecule has 84 valence electrons. The van der Waals surface area contributed by atoms with E-state index in [0.29, 0.717) is 0 Å². The highest BCUT2D eigenvalue weighted by molar-refractivity contribution is 7.11. The van der Waals surface area contributed by atoms with E-state index in [-0.39, 0.29) is 11.8 Å². The van der Waals surface area contributed by atoms with Gasteiger partial charge < -0.3 is 9.84 Å². The Hall–Kier alpha value is -0.940. The average Bonchev–Trinajstić information content (AvgIpc) is 2.56. The van der Waals surface area contributed by atoms with E-state index in [9.17, 15) is 4.79 Å². The first kappa shape index (κ1) is 12.1. The Labute approximate surface area is 92.9 Å². The molecule has 1 aromatic rings. The average molecular weight is 229 g/mol. The topological polar surface area (TPSA) is 59.4 Å². The van der Waals surface area contributed by atoms with Gasteiger partial charge in [-0.05, 0) is 13.3 Å². The maximum absolute atomic E-state index is 10.8. The third-order valence-corrected chi connectivity index (χ3v) is 3.19. The molecule has 1 N–H and O–H groups in total. The molecule has 5 heteroatoms. The predicted molar refractivity (Wildman–Crippen MR) is 58.5 cm³/mol. The lowest BCUT2D eigenvalue weighted by atomic mass is 10.2. The number of hydrogen-bond donors (Lipinski definition) is 1. The molecule has 15 heavy (non-hydrogen) atoms. The quantitative estimate of drug-likeness (QED) is 0.843. The number of thiazole rings is 1. The van der Waals surface area contributed by atoms with Crippen molar-refractivity contribution in [3.8, 4) is 0 Å². The van der Waals surface area contributed by atoms with Gasteiger partial charge in [0.05, 0.1) is 0 Å². The summed E-state index contributed by atoms with van der Waals surface area (Å²) in [7, 11) is 1.62. The van der Waals surface area contributed by atoms with E-state index in [0.717, 1.165) is 22.7 Å². The van der Waals surface area contributed by atoms with Crippen molar-refractivity contribution in [1.29, 1.82) is 0 Å². The highest BCUT2D eigenvalue weighted by atomic mass is 32.1. The summed E-state index contributed by atoms with van der Waals surface area (Å²) >= 11 is 1.40. The lowest BCUT2D eigenvalue weighted by Crippen LogP contribution is -2.03. The molecule has 0 aliphatic rings. The molecular formula is C10H15NO3S. The van der Waals surface area contributed by atoms with Crippen molar-refractivity contribution in [3.05, 3.63) is 15.6 Å². The summed E-state index contributed by atoms with van der Waals surface area (Å²) < 4.78 is 5.28. The van der Waals surface area contributed by atoms with E-state index in [4.69, 9.17) is 9.84 Å². The molecular weight excluding hydrogens is 214 g/mol. The summed E-state index contributed by atoms with van der Waals surface area (Å²) in [5, 5.41) is 9.63. The monoisotopic (exact) mass is 229 g/mol. The fraction of sp³-hybridized carbons (Fsp3) is 0.600. The van der Waals surface area contributed by atoms with Gasteiger partial charge in [0.15, 0.2) is 5.69 Å². The van der Waals surface area contributed by atoms with Crippen LogP contribution < -0.4 is 0 Å². The molecule has 0 aromatic carbocycles. The van der Waals surface area contributed by atoms with Crippen molar-refractivity contribution >= 4 is 17.3 Å². The van der Waals surface area contributed by atoms with Crippen LogP contribution >= 0.6 is 11.3 Å². The van der Waals surface area contributed by atoms with Crippen molar-refractivity contribution < 1.29 is 14.6 Å². The number of ether oxygens (including phenoxy) is 1.